The van der Waals surface area contributed by atoms with Gasteiger partial charge in [-0.05, 0) is 68.0 Å². The zero-order valence-electron chi connectivity index (χ0n) is 11.9. The van der Waals surface area contributed by atoms with E-state index in [1.807, 2.05) is 25.1 Å². The molecule has 1 aromatic heterocycles. The highest BCUT2D eigenvalue weighted by Crippen LogP contribution is 2.36. The number of rotatable bonds is 3. The summed E-state index contributed by atoms with van der Waals surface area (Å²) < 4.78 is 5.77. The molecule has 2 N–H and O–H groups in total. The third-order valence-electron chi connectivity index (χ3n) is 3.84. The van der Waals surface area contributed by atoms with Crippen LogP contribution in [0.15, 0.2) is 30.3 Å². The Hall–Kier alpha value is -2.03. The summed E-state index contributed by atoms with van der Waals surface area (Å²) in [6.07, 6.45) is 4.67. The Morgan fingerprint density at radius 1 is 1.10 bits per heavy atom. The van der Waals surface area contributed by atoms with E-state index < -0.39 is 0 Å². The average molecular weight is 268 g/mol. The molecule has 0 atom stereocenters. The molecule has 2 aromatic rings. The second-order valence-corrected chi connectivity index (χ2v) is 5.16. The minimum Gasteiger partial charge on any atom is -0.494 e. The van der Waals surface area contributed by atoms with Crippen LogP contribution in [0.3, 0.4) is 0 Å². The highest BCUT2D eigenvalue weighted by Gasteiger charge is 2.19. The molecule has 0 saturated carbocycles. The first-order valence-corrected chi connectivity index (χ1v) is 7.30. The molecule has 0 radical (unpaired) electrons. The lowest BCUT2D eigenvalue weighted by atomic mass is 9.86. The fraction of sp³-hybridized carbons (Fsp3) is 0.353. The van der Waals surface area contributed by atoms with Gasteiger partial charge in [0.05, 0.1) is 12.3 Å². The van der Waals surface area contributed by atoms with Crippen molar-refractivity contribution >= 4 is 5.82 Å². The quantitative estimate of drug-likeness (QED) is 0.925. The Morgan fingerprint density at radius 3 is 2.65 bits per heavy atom. The van der Waals surface area contributed by atoms with Crippen molar-refractivity contribution in [2.45, 2.75) is 32.6 Å². The average Bonchev–Trinajstić information content (AvgIpc) is 2.48. The summed E-state index contributed by atoms with van der Waals surface area (Å²) in [5, 5.41) is 0. The van der Waals surface area contributed by atoms with Gasteiger partial charge in [0.25, 0.3) is 0 Å². The largest absolute Gasteiger partial charge is 0.494 e. The van der Waals surface area contributed by atoms with Gasteiger partial charge in [-0.15, -0.1) is 0 Å². The highest BCUT2D eigenvalue weighted by atomic mass is 16.5. The topological polar surface area (TPSA) is 48.1 Å². The first-order valence-electron chi connectivity index (χ1n) is 7.30. The fourth-order valence-electron chi connectivity index (χ4n) is 2.97. The molecular formula is C17H20N2O. The van der Waals surface area contributed by atoms with Crippen LogP contribution in [-0.2, 0) is 12.8 Å². The number of anilines is 1. The number of fused-ring (bicyclic) bond motifs is 1. The third kappa shape index (κ3) is 2.36. The molecule has 20 heavy (non-hydrogen) atoms. The van der Waals surface area contributed by atoms with Crippen molar-refractivity contribution in [1.29, 1.82) is 0 Å². The summed E-state index contributed by atoms with van der Waals surface area (Å²) >= 11 is 0. The first-order chi connectivity index (χ1) is 9.79. The zero-order chi connectivity index (χ0) is 13.9. The molecule has 0 saturated heterocycles. The van der Waals surface area contributed by atoms with Gasteiger partial charge in [-0.1, -0.05) is 6.07 Å². The number of pyridine rings is 1. The molecule has 1 heterocycles. The van der Waals surface area contributed by atoms with Crippen LogP contribution in [0.1, 0.15) is 30.9 Å². The molecular weight excluding hydrogens is 248 g/mol. The highest BCUT2D eigenvalue weighted by molar-refractivity contribution is 5.69. The lowest BCUT2D eigenvalue weighted by Crippen LogP contribution is -2.08. The summed E-state index contributed by atoms with van der Waals surface area (Å²) in [4.78, 5) is 4.46. The Balaban J connectivity index is 2.12. The van der Waals surface area contributed by atoms with Crippen molar-refractivity contribution in [1.82, 2.24) is 4.98 Å². The molecule has 0 aliphatic heterocycles. The molecule has 1 aromatic carbocycles. The molecule has 0 amide bonds. The fourth-order valence-corrected chi connectivity index (χ4v) is 2.97. The Labute approximate surface area is 119 Å². The second-order valence-electron chi connectivity index (χ2n) is 5.16. The van der Waals surface area contributed by atoms with E-state index in [4.69, 9.17) is 10.5 Å². The van der Waals surface area contributed by atoms with Gasteiger partial charge in [-0.25, -0.2) is 4.98 Å². The number of aromatic nitrogens is 1. The van der Waals surface area contributed by atoms with Crippen molar-refractivity contribution < 1.29 is 4.74 Å². The van der Waals surface area contributed by atoms with Crippen LogP contribution in [-0.4, -0.2) is 11.6 Å². The van der Waals surface area contributed by atoms with Crippen LogP contribution in [0.4, 0.5) is 5.82 Å². The van der Waals surface area contributed by atoms with Gasteiger partial charge in [-0.2, -0.15) is 0 Å². The van der Waals surface area contributed by atoms with Gasteiger partial charge < -0.3 is 10.5 Å². The number of nitrogens with two attached hydrogens (primary N) is 1. The van der Waals surface area contributed by atoms with Crippen molar-refractivity contribution in [3.05, 3.63) is 41.5 Å². The Bertz CT molecular complexity index is 622. The lowest BCUT2D eigenvalue weighted by molar-refractivity contribution is 0.334. The van der Waals surface area contributed by atoms with Crippen LogP contribution < -0.4 is 10.5 Å². The van der Waals surface area contributed by atoms with Gasteiger partial charge in [0.15, 0.2) is 0 Å². The van der Waals surface area contributed by atoms with Gasteiger partial charge in [-0.3, -0.25) is 0 Å². The van der Waals surface area contributed by atoms with E-state index in [1.165, 1.54) is 29.5 Å². The summed E-state index contributed by atoms with van der Waals surface area (Å²) in [7, 11) is 0. The Kier molecular flexibility index (Phi) is 3.59. The number of nitrogens with zero attached hydrogens (tertiary/aromatic N) is 1. The summed E-state index contributed by atoms with van der Waals surface area (Å²) in [5.41, 5.74) is 10.7. The van der Waals surface area contributed by atoms with Gasteiger partial charge in [0, 0.05) is 5.56 Å². The predicted octanol–water partition coefficient (Wildman–Crippen LogP) is 3.61. The second kappa shape index (κ2) is 5.53. The summed E-state index contributed by atoms with van der Waals surface area (Å²) in [5.74, 6) is 1.61. The van der Waals surface area contributed by atoms with Crippen molar-refractivity contribution in [2.24, 2.45) is 0 Å². The van der Waals surface area contributed by atoms with Gasteiger partial charge in [0.2, 0.25) is 0 Å². The van der Waals surface area contributed by atoms with E-state index in [2.05, 4.69) is 17.1 Å². The summed E-state index contributed by atoms with van der Waals surface area (Å²) in [6, 6.07) is 10.0. The maximum Gasteiger partial charge on any atom is 0.124 e. The molecule has 0 unspecified atom stereocenters. The lowest BCUT2D eigenvalue weighted by Gasteiger charge is -2.22. The smallest absolute Gasteiger partial charge is 0.124 e. The SMILES string of the molecule is CCOc1ccc(-c2cccc(N)n2)c2c1CCCC2. The number of hydrogen-bond acceptors (Lipinski definition) is 3. The first kappa shape index (κ1) is 13.0. The van der Waals surface area contributed by atoms with Crippen LogP contribution in [0.2, 0.25) is 0 Å². The molecule has 3 rings (SSSR count). The molecule has 0 bridgehead atoms. The van der Waals surface area contributed by atoms with Crippen molar-refractivity contribution in [2.75, 3.05) is 12.3 Å². The third-order valence-corrected chi connectivity index (χ3v) is 3.84. The summed E-state index contributed by atoms with van der Waals surface area (Å²) in [6.45, 7) is 2.74. The normalized spacial score (nSPS) is 13.8. The van der Waals surface area contributed by atoms with E-state index in [1.54, 1.807) is 0 Å². The van der Waals surface area contributed by atoms with Crippen LogP contribution in [0.5, 0.6) is 5.75 Å². The maximum absolute atomic E-state index is 5.81. The van der Waals surface area contributed by atoms with E-state index in [0.29, 0.717) is 12.4 Å². The molecule has 0 fully saturated rings. The monoisotopic (exact) mass is 268 g/mol. The standard InChI is InChI=1S/C17H20N2O/c1-2-20-16-11-10-13(12-6-3-4-7-14(12)16)15-8-5-9-17(18)19-15/h5,8-11H,2-4,6-7H2,1H3,(H2,18,19). The minimum absolute atomic E-state index is 0.570. The minimum atomic E-state index is 0.570. The van der Waals surface area contributed by atoms with Crippen LogP contribution >= 0.6 is 0 Å². The van der Waals surface area contributed by atoms with E-state index in [-0.39, 0.29) is 0 Å². The number of nitrogen functional groups attached to an aromatic ring is 1. The molecule has 3 nitrogen and oxygen atoms in total. The number of benzene rings is 1. The van der Waals surface area contributed by atoms with Gasteiger partial charge >= 0.3 is 0 Å². The van der Waals surface area contributed by atoms with E-state index in [9.17, 15) is 0 Å². The van der Waals surface area contributed by atoms with E-state index >= 15 is 0 Å². The molecule has 104 valence electrons. The van der Waals surface area contributed by atoms with Crippen molar-refractivity contribution in [3.63, 3.8) is 0 Å². The Morgan fingerprint density at radius 2 is 1.90 bits per heavy atom. The molecule has 1 aliphatic carbocycles. The molecule has 0 spiro atoms. The number of hydrogen-bond donors (Lipinski definition) is 1. The predicted molar refractivity (Wildman–Crippen MR) is 81.9 cm³/mol. The van der Waals surface area contributed by atoms with Gasteiger partial charge in [0.1, 0.15) is 11.6 Å². The molecule has 3 heteroatoms. The molecule has 1 aliphatic rings. The van der Waals surface area contributed by atoms with Crippen LogP contribution in [0, 0.1) is 0 Å². The van der Waals surface area contributed by atoms with E-state index in [0.717, 1.165) is 24.3 Å². The van der Waals surface area contributed by atoms with Crippen LogP contribution in [0.25, 0.3) is 11.3 Å². The van der Waals surface area contributed by atoms with Crippen molar-refractivity contribution in [3.8, 4) is 17.0 Å². The zero-order valence-corrected chi connectivity index (χ0v) is 11.9. The maximum atomic E-state index is 5.81. The number of ether oxygens (including phenoxy) is 1.